The lowest BCUT2D eigenvalue weighted by molar-refractivity contribution is -0.125. The molecule has 0 aromatic heterocycles. The van der Waals surface area contributed by atoms with E-state index in [-0.39, 0.29) is 12.3 Å². The molecule has 0 bridgehead atoms. The molecule has 0 saturated carbocycles. The average molecular weight is 243 g/mol. The van der Waals surface area contributed by atoms with Crippen molar-refractivity contribution in [2.24, 2.45) is 0 Å². The summed E-state index contributed by atoms with van der Waals surface area (Å²) < 4.78 is 30.9. The lowest BCUT2D eigenvalue weighted by atomic mass is 10.2. The molecule has 0 heterocycles. The summed E-state index contributed by atoms with van der Waals surface area (Å²) in [5, 5.41) is 2.35. The van der Waals surface area contributed by atoms with Gasteiger partial charge in [-0.05, 0) is 32.9 Å². The van der Waals surface area contributed by atoms with Crippen LogP contribution in [0.25, 0.3) is 0 Å². The van der Waals surface area contributed by atoms with Crippen molar-refractivity contribution in [1.29, 1.82) is 0 Å². The third kappa shape index (κ3) is 5.40. The number of amides is 1. The van der Waals surface area contributed by atoms with Crippen LogP contribution in [0.1, 0.15) is 20.8 Å². The Balaban J connectivity index is 2.56. The Kier molecular flexibility index (Phi) is 4.17. The molecule has 1 aromatic rings. The van der Waals surface area contributed by atoms with Gasteiger partial charge in [-0.15, -0.1) is 0 Å². The zero-order valence-electron chi connectivity index (χ0n) is 10.0. The number of carbonyl (C=O) groups excluding carboxylic acids is 1. The first-order chi connectivity index (χ1) is 7.76. The molecule has 0 aliphatic heterocycles. The summed E-state index contributed by atoms with van der Waals surface area (Å²) in [6.07, 6.45) is 0. The highest BCUT2D eigenvalue weighted by Crippen LogP contribution is 2.13. The number of hydrogen-bond acceptors (Lipinski definition) is 2. The van der Waals surface area contributed by atoms with E-state index in [1.165, 1.54) is 0 Å². The first-order valence-corrected chi connectivity index (χ1v) is 5.16. The van der Waals surface area contributed by atoms with Crippen LogP contribution in [0.4, 0.5) is 14.5 Å². The molecule has 1 N–H and O–H groups in total. The van der Waals surface area contributed by atoms with Crippen LogP contribution in [-0.4, -0.2) is 18.1 Å². The molecule has 1 amide bonds. The largest absolute Gasteiger partial charge is 0.366 e. The lowest BCUT2D eigenvalue weighted by Crippen LogP contribution is -2.27. The number of anilines is 1. The van der Waals surface area contributed by atoms with Crippen LogP contribution in [0, 0.1) is 11.6 Å². The Morgan fingerprint density at radius 3 is 2.24 bits per heavy atom. The second-order valence-electron chi connectivity index (χ2n) is 4.61. The molecule has 5 heteroatoms. The van der Waals surface area contributed by atoms with Crippen molar-refractivity contribution < 1.29 is 18.3 Å². The monoisotopic (exact) mass is 243 g/mol. The summed E-state index contributed by atoms with van der Waals surface area (Å²) in [5.74, 6) is -1.93. The van der Waals surface area contributed by atoms with E-state index in [4.69, 9.17) is 4.74 Å². The molecule has 3 nitrogen and oxygen atoms in total. The second-order valence-corrected chi connectivity index (χ2v) is 4.61. The zero-order chi connectivity index (χ0) is 13.1. The van der Waals surface area contributed by atoms with Gasteiger partial charge in [-0.2, -0.15) is 0 Å². The SMILES string of the molecule is CC(C)(C)OCC(=O)Nc1cc(F)cc(F)c1. The van der Waals surface area contributed by atoms with Crippen molar-refractivity contribution >= 4 is 11.6 Å². The number of ether oxygens (including phenoxy) is 1. The van der Waals surface area contributed by atoms with Crippen molar-refractivity contribution in [3.8, 4) is 0 Å². The lowest BCUT2D eigenvalue weighted by Gasteiger charge is -2.18. The van der Waals surface area contributed by atoms with Gasteiger partial charge < -0.3 is 10.1 Å². The highest BCUT2D eigenvalue weighted by atomic mass is 19.1. The van der Waals surface area contributed by atoms with Crippen LogP contribution < -0.4 is 5.32 Å². The number of benzene rings is 1. The molecule has 0 radical (unpaired) electrons. The number of rotatable bonds is 3. The molecule has 17 heavy (non-hydrogen) atoms. The van der Waals surface area contributed by atoms with Crippen LogP contribution in [0.2, 0.25) is 0 Å². The number of halogens is 2. The van der Waals surface area contributed by atoms with Crippen molar-refractivity contribution in [1.82, 2.24) is 0 Å². The van der Waals surface area contributed by atoms with Crippen molar-refractivity contribution in [2.75, 3.05) is 11.9 Å². The van der Waals surface area contributed by atoms with Gasteiger partial charge in [0.2, 0.25) is 5.91 Å². The summed E-state index contributed by atoms with van der Waals surface area (Å²) >= 11 is 0. The Morgan fingerprint density at radius 1 is 1.24 bits per heavy atom. The van der Waals surface area contributed by atoms with E-state index < -0.39 is 23.1 Å². The fraction of sp³-hybridized carbons (Fsp3) is 0.417. The van der Waals surface area contributed by atoms with Gasteiger partial charge in [0.15, 0.2) is 0 Å². The maximum Gasteiger partial charge on any atom is 0.250 e. The molecule has 0 saturated heterocycles. The van der Waals surface area contributed by atoms with Crippen LogP contribution in [-0.2, 0) is 9.53 Å². The molecule has 0 aliphatic carbocycles. The van der Waals surface area contributed by atoms with Crippen LogP contribution in [0.5, 0.6) is 0 Å². The minimum atomic E-state index is -0.739. The molecular formula is C12H15F2NO2. The molecule has 94 valence electrons. The predicted octanol–water partition coefficient (Wildman–Crippen LogP) is 2.72. The van der Waals surface area contributed by atoms with Gasteiger partial charge in [0.1, 0.15) is 18.2 Å². The fourth-order valence-corrected chi connectivity index (χ4v) is 1.11. The standard InChI is InChI=1S/C12H15F2NO2/c1-12(2,3)17-7-11(16)15-10-5-8(13)4-9(14)6-10/h4-6H,7H2,1-3H3,(H,15,16). The van der Waals surface area contributed by atoms with Crippen LogP contribution in [0.15, 0.2) is 18.2 Å². The Labute approximate surface area is 98.8 Å². The maximum atomic E-state index is 12.8. The first kappa shape index (κ1) is 13.6. The molecule has 0 spiro atoms. The Morgan fingerprint density at radius 2 is 1.76 bits per heavy atom. The summed E-state index contributed by atoms with van der Waals surface area (Å²) in [6, 6.07) is 2.82. The van der Waals surface area contributed by atoms with Gasteiger partial charge in [-0.3, -0.25) is 4.79 Å². The minimum Gasteiger partial charge on any atom is -0.366 e. The third-order valence-electron chi connectivity index (χ3n) is 1.78. The van der Waals surface area contributed by atoms with E-state index in [0.29, 0.717) is 0 Å². The van der Waals surface area contributed by atoms with E-state index in [2.05, 4.69) is 5.32 Å². The molecule has 0 atom stereocenters. The van der Waals surface area contributed by atoms with Crippen LogP contribution >= 0.6 is 0 Å². The number of carbonyl (C=O) groups is 1. The summed E-state index contributed by atoms with van der Waals surface area (Å²) in [6.45, 7) is 5.26. The van der Waals surface area contributed by atoms with E-state index in [9.17, 15) is 13.6 Å². The smallest absolute Gasteiger partial charge is 0.250 e. The third-order valence-corrected chi connectivity index (χ3v) is 1.78. The van der Waals surface area contributed by atoms with E-state index in [1.807, 2.05) is 20.8 Å². The summed E-state index contributed by atoms with van der Waals surface area (Å²) in [4.78, 5) is 11.4. The number of nitrogens with one attached hydrogen (secondary N) is 1. The molecule has 1 rings (SSSR count). The molecule has 1 aromatic carbocycles. The van der Waals surface area contributed by atoms with Gasteiger partial charge in [-0.1, -0.05) is 0 Å². The van der Waals surface area contributed by atoms with E-state index in [0.717, 1.165) is 18.2 Å². The van der Waals surface area contributed by atoms with E-state index >= 15 is 0 Å². The first-order valence-electron chi connectivity index (χ1n) is 5.16. The Bertz CT molecular complexity index is 393. The van der Waals surface area contributed by atoms with Gasteiger partial charge >= 0.3 is 0 Å². The average Bonchev–Trinajstić information content (AvgIpc) is 2.11. The fourth-order valence-electron chi connectivity index (χ4n) is 1.11. The van der Waals surface area contributed by atoms with Crippen molar-refractivity contribution in [3.05, 3.63) is 29.8 Å². The quantitative estimate of drug-likeness (QED) is 0.886. The Hall–Kier alpha value is -1.49. The highest BCUT2D eigenvalue weighted by molar-refractivity contribution is 5.91. The zero-order valence-corrected chi connectivity index (χ0v) is 10.0. The van der Waals surface area contributed by atoms with Crippen molar-refractivity contribution in [3.63, 3.8) is 0 Å². The van der Waals surface area contributed by atoms with Gasteiger partial charge in [-0.25, -0.2) is 8.78 Å². The van der Waals surface area contributed by atoms with Gasteiger partial charge in [0, 0.05) is 11.8 Å². The number of hydrogen-bond donors (Lipinski definition) is 1. The molecular weight excluding hydrogens is 228 g/mol. The summed E-state index contributed by atoms with van der Waals surface area (Å²) in [7, 11) is 0. The highest BCUT2D eigenvalue weighted by Gasteiger charge is 2.13. The topological polar surface area (TPSA) is 38.3 Å². The molecule has 0 aliphatic rings. The minimum absolute atomic E-state index is 0.0741. The molecule has 0 fully saturated rings. The van der Waals surface area contributed by atoms with E-state index in [1.54, 1.807) is 0 Å². The maximum absolute atomic E-state index is 12.8. The predicted molar refractivity (Wildman–Crippen MR) is 60.7 cm³/mol. The summed E-state index contributed by atoms with van der Waals surface area (Å²) in [5.41, 5.74) is -0.366. The van der Waals surface area contributed by atoms with Gasteiger partial charge in [0.05, 0.1) is 5.60 Å². The van der Waals surface area contributed by atoms with Crippen LogP contribution in [0.3, 0.4) is 0 Å². The normalized spacial score (nSPS) is 11.4. The molecule has 0 unspecified atom stereocenters. The van der Waals surface area contributed by atoms with Crippen molar-refractivity contribution in [2.45, 2.75) is 26.4 Å². The second kappa shape index (κ2) is 5.23. The van der Waals surface area contributed by atoms with Gasteiger partial charge in [0.25, 0.3) is 0 Å².